The summed E-state index contributed by atoms with van der Waals surface area (Å²) in [4.78, 5) is 34.8. The summed E-state index contributed by atoms with van der Waals surface area (Å²) < 4.78 is 0. The Balaban J connectivity index is 2.59. The first-order valence-corrected chi connectivity index (χ1v) is 7.71. The van der Waals surface area contributed by atoms with Gasteiger partial charge < -0.3 is 15.7 Å². The van der Waals surface area contributed by atoms with Gasteiger partial charge in [-0.15, -0.1) is 0 Å². The van der Waals surface area contributed by atoms with Crippen LogP contribution in [0.5, 0.6) is 0 Å². The number of amides is 2. The second-order valence-corrected chi connectivity index (χ2v) is 6.24. The SMILES string of the molecule is CC(C)C[C@@H](NC(=O)CNC(=O)c1cc(Cl)ccc1Cl)C(=O)O. The van der Waals surface area contributed by atoms with Gasteiger partial charge in [0, 0.05) is 5.02 Å². The van der Waals surface area contributed by atoms with Crippen molar-refractivity contribution in [1.82, 2.24) is 10.6 Å². The first-order valence-electron chi connectivity index (χ1n) is 6.96. The van der Waals surface area contributed by atoms with Gasteiger partial charge in [0.1, 0.15) is 6.04 Å². The Morgan fingerprint density at radius 2 is 1.87 bits per heavy atom. The molecule has 0 saturated heterocycles. The van der Waals surface area contributed by atoms with Crippen LogP contribution in [0.1, 0.15) is 30.6 Å². The second-order valence-electron chi connectivity index (χ2n) is 5.39. The van der Waals surface area contributed by atoms with E-state index in [1.54, 1.807) is 0 Å². The van der Waals surface area contributed by atoms with Gasteiger partial charge in [-0.2, -0.15) is 0 Å². The molecule has 0 bridgehead atoms. The molecule has 6 nitrogen and oxygen atoms in total. The first kappa shape index (κ1) is 19.3. The summed E-state index contributed by atoms with van der Waals surface area (Å²) in [5, 5.41) is 14.3. The molecule has 0 fully saturated rings. The van der Waals surface area contributed by atoms with Crippen LogP contribution >= 0.6 is 23.2 Å². The molecule has 1 rings (SSSR count). The van der Waals surface area contributed by atoms with Gasteiger partial charge in [-0.3, -0.25) is 9.59 Å². The van der Waals surface area contributed by atoms with Crippen LogP contribution in [0.4, 0.5) is 0 Å². The van der Waals surface area contributed by atoms with Crippen molar-refractivity contribution in [2.45, 2.75) is 26.3 Å². The van der Waals surface area contributed by atoms with Crippen molar-refractivity contribution in [3.05, 3.63) is 33.8 Å². The fraction of sp³-hybridized carbons (Fsp3) is 0.400. The van der Waals surface area contributed by atoms with Crippen LogP contribution in [-0.2, 0) is 9.59 Å². The minimum atomic E-state index is -1.11. The third kappa shape index (κ3) is 6.46. The molecule has 1 atom stereocenters. The Hall–Kier alpha value is -1.79. The highest BCUT2D eigenvalue weighted by Crippen LogP contribution is 2.20. The summed E-state index contributed by atoms with van der Waals surface area (Å²) in [5.74, 6) is -2.17. The molecular weight excluding hydrogens is 343 g/mol. The van der Waals surface area contributed by atoms with Gasteiger partial charge in [-0.25, -0.2) is 4.79 Å². The Morgan fingerprint density at radius 3 is 2.43 bits per heavy atom. The molecule has 0 saturated carbocycles. The van der Waals surface area contributed by atoms with Crippen LogP contribution in [0.2, 0.25) is 10.0 Å². The van der Waals surface area contributed by atoms with Gasteiger partial charge in [0.15, 0.2) is 0 Å². The third-order valence-electron chi connectivity index (χ3n) is 2.92. The van der Waals surface area contributed by atoms with Gasteiger partial charge in [-0.05, 0) is 30.5 Å². The second kappa shape index (κ2) is 8.74. The molecule has 0 unspecified atom stereocenters. The molecule has 2 amide bonds. The smallest absolute Gasteiger partial charge is 0.326 e. The van der Waals surface area contributed by atoms with Crippen molar-refractivity contribution in [3.8, 4) is 0 Å². The Labute approximate surface area is 144 Å². The molecule has 0 aliphatic carbocycles. The van der Waals surface area contributed by atoms with E-state index in [0.29, 0.717) is 11.4 Å². The summed E-state index contributed by atoms with van der Waals surface area (Å²) in [6.07, 6.45) is 0.301. The molecular formula is C15H18Cl2N2O4. The number of carboxylic acid groups (broad SMARTS) is 1. The van der Waals surface area contributed by atoms with Crippen LogP contribution < -0.4 is 10.6 Å². The molecule has 8 heteroatoms. The van der Waals surface area contributed by atoms with E-state index in [9.17, 15) is 14.4 Å². The van der Waals surface area contributed by atoms with E-state index in [4.69, 9.17) is 28.3 Å². The highest BCUT2D eigenvalue weighted by molar-refractivity contribution is 6.35. The maximum atomic E-state index is 12.0. The van der Waals surface area contributed by atoms with E-state index >= 15 is 0 Å². The van der Waals surface area contributed by atoms with Crippen LogP contribution in [0.15, 0.2) is 18.2 Å². The van der Waals surface area contributed by atoms with Gasteiger partial charge >= 0.3 is 5.97 Å². The highest BCUT2D eigenvalue weighted by atomic mass is 35.5. The van der Waals surface area contributed by atoms with Crippen LogP contribution in [0.3, 0.4) is 0 Å². The van der Waals surface area contributed by atoms with Gasteiger partial charge in [-0.1, -0.05) is 37.0 Å². The Kier molecular flexibility index (Phi) is 7.32. The van der Waals surface area contributed by atoms with Crippen LogP contribution in [-0.4, -0.2) is 35.5 Å². The van der Waals surface area contributed by atoms with Gasteiger partial charge in [0.05, 0.1) is 17.1 Å². The van der Waals surface area contributed by atoms with E-state index in [1.165, 1.54) is 18.2 Å². The number of carboxylic acids is 1. The predicted molar refractivity (Wildman–Crippen MR) is 87.8 cm³/mol. The standard InChI is InChI=1S/C15H18Cl2N2O4/c1-8(2)5-12(15(22)23)19-13(20)7-18-14(21)10-6-9(16)3-4-11(10)17/h3-4,6,8,12H,5,7H2,1-2H3,(H,18,21)(H,19,20)(H,22,23)/t12-/m1/s1. The van der Waals surface area contributed by atoms with Gasteiger partial charge in [0.25, 0.3) is 5.91 Å². The molecule has 0 aliphatic rings. The number of rotatable bonds is 7. The van der Waals surface area contributed by atoms with E-state index in [1.807, 2.05) is 13.8 Å². The number of benzene rings is 1. The number of nitrogens with one attached hydrogen (secondary N) is 2. The van der Waals surface area contributed by atoms with Crippen molar-refractivity contribution in [3.63, 3.8) is 0 Å². The minimum absolute atomic E-state index is 0.108. The summed E-state index contributed by atoms with van der Waals surface area (Å²) in [6, 6.07) is 3.41. The zero-order chi connectivity index (χ0) is 17.6. The summed E-state index contributed by atoms with van der Waals surface area (Å²) >= 11 is 11.7. The maximum absolute atomic E-state index is 12.0. The van der Waals surface area contributed by atoms with E-state index in [2.05, 4.69) is 10.6 Å². The number of carbonyl (C=O) groups is 3. The van der Waals surface area contributed by atoms with Crippen molar-refractivity contribution >= 4 is 41.0 Å². The summed E-state index contributed by atoms with van der Waals surface area (Å²) in [6.45, 7) is 3.35. The topological polar surface area (TPSA) is 95.5 Å². The van der Waals surface area contributed by atoms with Gasteiger partial charge in [0.2, 0.25) is 5.91 Å². The zero-order valence-corrected chi connectivity index (χ0v) is 14.2. The average molecular weight is 361 g/mol. The number of hydrogen-bond acceptors (Lipinski definition) is 3. The molecule has 126 valence electrons. The lowest BCUT2D eigenvalue weighted by Crippen LogP contribution is -2.46. The lowest BCUT2D eigenvalue weighted by molar-refractivity contribution is -0.142. The van der Waals surface area contributed by atoms with Crippen molar-refractivity contribution < 1.29 is 19.5 Å². The zero-order valence-electron chi connectivity index (χ0n) is 12.7. The number of hydrogen-bond donors (Lipinski definition) is 3. The normalized spacial score (nSPS) is 11.9. The quantitative estimate of drug-likeness (QED) is 0.695. The van der Waals surface area contributed by atoms with Crippen molar-refractivity contribution in [2.24, 2.45) is 5.92 Å². The third-order valence-corrected chi connectivity index (χ3v) is 3.49. The minimum Gasteiger partial charge on any atom is -0.480 e. The fourth-order valence-electron chi connectivity index (χ4n) is 1.87. The van der Waals surface area contributed by atoms with E-state index in [0.717, 1.165) is 0 Å². The molecule has 0 radical (unpaired) electrons. The maximum Gasteiger partial charge on any atom is 0.326 e. The molecule has 3 N–H and O–H groups in total. The molecule has 0 spiro atoms. The van der Waals surface area contributed by atoms with Crippen molar-refractivity contribution in [1.29, 1.82) is 0 Å². The summed E-state index contributed by atoms with van der Waals surface area (Å²) in [5.41, 5.74) is 0.143. The fourth-order valence-corrected chi connectivity index (χ4v) is 2.24. The van der Waals surface area contributed by atoms with Crippen LogP contribution in [0, 0.1) is 5.92 Å². The monoisotopic (exact) mass is 360 g/mol. The largest absolute Gasteiger partial charge is 0.480 e. The number of carbonyl (C=O) groups excluding carboxylic acids is 2. The molecule has 0 aromatic heterocycles. The number of halogens is 2. The predicted octanol–water partition coefficient (Wildman–Crippen LogP) is 2.34. The highest BCUT2D eigenvalue weighted by Gasteiger charge is 2.21. The lowest BCUT2D eigenvalue weighted by Gasteiger charge is -2.16. The molecule has 0 aliphatic heterocycles. The Morgan fingerprint density at radius 1 is 1.22 bits per heavy atom. The molecule has 1 aromatic carbocycles. The lowest BCUT2D eigenvalue weighted by atomic mass is 10.0. The first-order chi connectivity index (χ1) is 10.7. The van der Waals surface area contributed by atoms with Crippen LogP contribution in [0.25, 0.3) is 0 Å². The molecule has 23 heavy (non-hydrogen) atoms. The summed E-state index contributed by atoms with van der Waals surface area (Å²) in [7, 11) is 0. The number of aliphatic carboxylic acids is 1. The Bertz CT molecular complexity index is 605. The average Bonchev–Trinajstić information content (AvgIpc) is 2.46. The van der Waals surface area contributed by atoms with E-state index in [-0.39, 0.29) is 23.0 Å². The van der Waals surface area contributed by atoms with E-state index < -0.39 is 23.8 Å². The van der Waals surface area contributed by atoms with Crippen molar-refractivity contribution in [2.75, 3.05) is 6.54 Å². The molecule has 1 aromatic rings. The molecule has 0 heterocycles.